The molecule has 0 aromatic heterocycles. The standard InChI is InChI=1S/C33H47FN4O4S/c1-33(2,3)37-32(41)29-18-23-11-7-8-12-24(23)19-38(29)20-30(39)28(17-22-9-5-4-6-10-22)36-31(40)27(35)21-43(42)26-15-13-25(34)14-16-26/h4-6,9-10,13-16,23-24,27-30,39H,7-8,11-12,17-21,35H2,1-3H3,(H,36,40)(H,37,41)/t23-,24+,27+,28-,29-,30+,43?/m0/s1. The molecule has 2 aromatic carbocycles. The molecule has 2 aliphatic rings. The molecular weight excluding hydrogens is 567 g/mol. The number of hydrogen-bond acceptors (Lipinski definition) is 6. The van der Waals surface area contributed by atoms with Crippen LogP contribution in [0, 0.1) is 17.7 Å². The molecule has 1 heterocycles. The van der Waals surface area contributed by atoms with E-state index in [2.05, 4.69) is 15.5 Å². The first-order valence-corrected chi connectivity index (χ1v) is 16.7. The maximum Gasteiger partial charge on any atom is 0.242 e. The van der Waals surface area contributed by atoms with Gasteiger partial charge in [-0.25, -0.2) is 4.39 Å². The van der Waals surface area contributed by atoms with Gasteiger partial charge >= 0.3 is 0 Å². The molecule has 236 valence electrons. The van der Waals surface area contributed by atoms with Gasteiger partial charge in [-0.3, -0.25) is 14.5 Å². The van der Waals surface area contributed by atoms with Crippen molar-refractivity contribution in [2.75, 3.05) is 18.8 Å². The molecule has 0 radical (unpaired) electrons. The molecule has 1 aliphatic heterocycles. The van der Waals surface area contributed by atoms with Crippen LogP contribution in [0.5, 0.6) is 0 Å². The van der Waals surface area contributed by atoms with E-state index < -0.39 is 41.1 Å². The van der Waals surface area contributed by atoms with Gasteiger partial charge in [0.05, 0.1) is 18.2 Å². The van der Waals surface area contributed by atoms with Gasteiger partial charge in [0.1, 0.15) is 17.6 Å². The fraction of sp³-hybridized carbons (Fsp3) is 0.576. The molecule has 0 spiro atoms. The molecule has 4 rings (SSSR count). The zero-order chi connectivity index (χ0) is 31.1. The fourth-order valence-corrected chi connectivity index (χ4v) is 7.47. The summed E-state index contributed by atoms with van der Waals surface area (Å²) in [6.45, 7) is 6.85. The first kappa shape index (κ1) is 33.4. The summed E-state index contributed by atoms with van der Waals surface area (Å²) in [5.41, 5.74) is 6.74. The summed E-state index contributed by atoms with van der Waals surface area (Å²) in [4.78, 5) is 29.2. The van der Waals surface area contributed by atoms with Crippen molar-refractivity contribution in [1.82, 2.24) is 15.5 Å². The molecule has 0 bridgehead atoms. The number of halogens is 1. The second-order valence-electron chi connectivity index (χ2n) is 13.2. The third-order valence-electron chi connectivity index (χ3n) is 8.56. The Morgan fingerprint density at radius 1 is 1.09 bits per heavy atom. The Hall–Kier alpha value is -2.50. The van der Waals surface area contributed by atoms with E-state index in [1.165, 1.54) is 37.1 Å². The number of aliphatic hydroxyl groups excluding tert-OH is 1. The van der Waals surface area contributed by atoms with Gasteiger partial charge in [0.2, 0.25) is 11.8 Å². The number of nitrogens with zero attached hydrogens (tertiary/aromatic N) is 1. The van der Waals surface area contributed by atoms with Crippen LogP contribution in [0.25, 0.3) is 0 Å². The number of carbonyl (C=O) groups is 2. The fourth-order valence-electron chi connectivity index (χ4n) is 6.36. The van der Waals surface area contributed by atoms with E-state index >= 15 is 0 Å². The summed E-state index contributed by atoms with van der Waals surface area (Å²) in [5, 5.41) is 17.7. The van der Waals surface area contributed by atoms with Crippen molar-refractivity contribution in [2.45, 2.75) is 94.0 Å². The summed E-state index contributed by atoms with van der Waals surface area (Å²) in [6.07, 6.45) is 4.76. The molecule has 2 aromatic rings. The minimum atomic E-state index is -1.60. The molecule has 2 amide bonds. The highest BCUT2D eigenvalue weighted by molar-refractivity contribution is 7.91. The summed E-state index contributed by atoms with van der Waals surface area (Å²) in [6, 6.07) is 12.7. The maximum atomic E-state index is 13.5. The molecule has 5 N–H and O–H groups in total. The summed E-state index contributed by atoms with van der Waals surface area (Å²) in [7, 11) is 0. The number of piperidine rings is 1. The van der Waals surface area contributed by atoms with E-state index in [4.69, 9.17) is 5.73 Å². The largest absolute Gasteiger partial charge is 0.611 e. The highest BCUT2D eigenvalue weighted by Gasteiger charge is 2.42. The molecule has 1 saturated heterocycles. The highest BCUT2D eigenvalue weighted by Crippen LogP contribution is 2.39. The van der Waals surface area contributed by atoms with Crippen LogP contribution < -0.4 is 16.4 Å². The average molecular weight is 615 g/mol. The second-order valence-corrected chi connectivity index (χ2v) is 14.7. The SMILES string of the molecule is CC(C)(C)NC(=O)[C@@H]1C[C@@H]2CCCC[C@@H]2CN1C[C@@H](O)[C@H](Cc1ccccc1)NC(=O)[C@H](N)C[S+]([O-])c1ccc(F)cc1. The van der Waals surface area contributed by atoms with E-state index in [9.17, 15) is 23.6 Å². The van der Waals surface area contributed by atoms with E-state index in [0.29, 0.717) is 23.2 Å². The van der Waals surface area contributed by atoms with Gasteiger partial charge in [-0.15, -0.1) is 0 Å². The minimum absolute atomic E-state index is 0.0299. The summed E-state index contributed by atoms with van der Waals surface area (Å²) in [5.74, 6) is -0.155. The normalized spacial score (nSPS) is 23.8. The smallest absolute Gasteiger partial charge is 0.242 e. The van der Waals surface area contributed by atoms with E-state index in [-0.39, 0.29) is 29.8 Å². The molecule has 1 aliphatic carbocycles. The Labute approximate surface area is 258 Å². The van der Waals surface area contributed by atoms with Gasteiger partial charge < -0.3 is 26.0 Å². The average Bonchev–Trinajstić information content (AvgIpc) is 2.96. The Morgan fingerprint density at radius 3 is 2.40 bits per heavy atom. The van der Waals surface area contributed by atoms with Crippen LogP contribution in [-0.4, -0.2) is 75.0 Å². The van der Waals surface area contributed by atoms with Crippen LogP contribution in [0.3, 0.4) is 0 Å². The molecular formula is C33H47FN4O4S. The molecule has 7 atom stereocenters. The Kier molecular flexibility index (Phi) is 11.6. The number of benzene rings is 2. The van der Waals surface area contributed by atoms with Gasteiger partial charge in [-0.1, -0.05) is 49.6 Å². The number of β-amino-alcohol motifs (C(OH)–C–C–N with tert-alkyl or cyclic N) is 1. The van der Waals surface area contributed by atoms with E-state index in [1.807, 2.05) is 51.1 Å². The predicted octanol–water partition coefficient (Wildman–Crippen LogP) is 3.14. The van der Waals surface area contributed by atoms with Gasteiger partial charge in [0.25, 0.3) is 0 Å². The lowest BCUT2D eigenvalue weighted by molar-refractivity contribution is -0.133. The number of likely N-dealkylation sites (tertiary alicyclic amines) is 1. The van der Waals surface area contributed by atoms with Crippen molar-refractivity contribution in [1.29, 1.82) is 0 Å². The maximum absolute atomic E-state index is 13.5. The highest BCUT2D eigenvalue weighted by atomic mass is 32.2. The zero-order valence-electron chi connectivity index (χ0n) is 25.5. The van der Waals surface area contributed by atoms with Crippen LogP contribution >= 0.6 is 0 Å². The number of amides is 2. The zero-order valence-corrected chi connectivity index (χ0v) is 26.3. The lowest BCUT2D eigenvalue weighted by atomic mass is 9.72. The second kappa shape index (κ2) is 15.0. The van der Waals surface area contributed by atoms with Gasteiger partial charge in [-0.2, -0.15) is 0 Å². The van der Waals surface area contributed by atoms with Crippen molar-refractivity contribution in [2.24, 2.45) is 17.6 Å². The molecule has 10 heteroatoms. The van der Waals surface area contributed by atoms with Crippen LogP contribution in [0.2, 0.25) is 0 Å². The molecule has 8 nitrogen and oxygen atoms in total. The summed E-state index contributed by atoms with van der Waals surface area (Å²) < 4.78 is 26.1. The lowest BCUT2D eigenvalue weighted by Gasteiger charge is -2.47. The number of rotatable bonds is 11. The minimum Gasteiger partial charge on any atom is -0.611 e. The van der Waals surface area contributed by atoms with Crippen molar-refractivity contribution < 1.29 is 23.6 Å². The summed E-state index contributed by atoms with van der Waals surface area (Å²) >= 11 is -1.60. The van der Waals surface area contributed by atoms with Crippen LogP contribution in [-0.2, 0) is 27.2 Å². The third-order valence-corrected chi connectivity index (χ3v) is 10.0. The molecule has 43 heavy (non-hydrogen) atoms. The van der Waals surface area contributed by atoms with Crippen LogP contribution in [0.15, 0.2) is 59.5 Å². The number of nitrogens with two attached hydrogens (primary N) is 1. The van der Waals surface area contributed by atoms with Crippen molar-refractivity contribution in [3.63, 3.8) is 0 Å². The number of fused-ring (bicyclic) bond motifs is 1. The van der Waals surface area contributed by atoms with E-state index in [0.717, 1.165) is 31.4 Å². The number of nitrogens with one attached hydrogen (secondary N) is 2. The van der Waals surface area contributed by atoms with Crippen LogP contribution in [0.1, 0.15) is 58.4 Å². The Morgan fingerprint density at radius 2 is 1.74 bits per heavy atom. The van der Waals surface area contributed by atoms with Crippen molar-refractivity contribution in [3.05, 3.63) is 66.0 Å². The lowest BCUT2D eigenvalue weighted by Crippen LogP contribution is -2.61. The van der Waals surface area contributed by atoms with Gasteiger partial charge in [0.15, 0.2) is 4.90 Å². The van der Waals surface area contributed by atoms with Crippen molar-refractivity contribution in [3.8, 4) is 0 Å². The Bertz CT molecular complexity index is 1200. The van der Waals surface area contributed by atoms with Crippen molar-refractivity contribution >= 4 is 23.0 Å². The number of aliphatic hydroxyl groups is 1. The monoisotopic (exact) mass is 614 g/mol. The molecule has 1 unspecified atom stereocenters. The predicted molar refractivity (Wildman–Crippen MR) is 167 cm³/mol. The molecule has 1 saturated carbocycles. The van der Waals surface area contributed by atoms with Crippen LogP contribution in [0.4, 0.5) is 4.39 Å². The first-order chi connectivity index (χ1) is 20.4. The van der Waals surface area contributed by atoms with Gasteiger partial charge in [0, 0.05) is 18.6 Å². The van der Waals surface area contributed by atoms with Gasteiger partial charge in [-0.05, 0) is 92.9 Å². The topological polar surface area (TPSA) is 131 Å². The number of hydrogen-bond donors (Lipinski definition) is 4. The Balaban J connectivity index is 1.48. The van der Waals surface area contributed by atoms with E-state index in [1.54, 1.807) is 0 Å². The molecule has 2 fully saturated rings. The quantitative estimate of drug-likeness (QED) is 0.288. The first-order valence-electron chi connectivity index (χ1n) is 15.4. The number of carbonyl (C=O) groups excluding carboxylic acids is 2. The third kappa shape index (κ3) is 9.74.